The summed E-state index contributed by atoms with van der Waals surface area (Å²) in [6, 6.07) is 16.5. The van der Waals surface area contributed by atoms with Crippen LogP contribution in [0.2, 0.25) is 0 Å². The molecule has 1 fully saturated rings. The van der Waals surface area contributed by atoms with Crippen LogP contribution in [0.3, 0.4) is 0 Å². The number of methoxy groups -OCH3 is 4. The molecule has 4 atom stereocenters. The SMILES string of the molecule is CC[C@@H]1CN2CCc3cc(OC)c(OC)cc3[C@@H]2C[C@H]1C[C@H]1c2cc(OC)c(OC)cc2CCN1C(=O)c1ccc(OCC(C)C)cc1. The molecule has 0 bridgehead atoms. The van der Waals surface area contributed by atoms with E-state index >= 15 is 0 Å². The zero-order chi connectivity index (χ0) is 33.9. The fraction of sp³-hybridized carbons (Fsp3) is 0.525. The Morgan fingerprint density at radius 2 is 1.38 bits per heavy atom. The topological polar surface area (TPSA) is 69.7 Å². The van der Waals surface area contributed by atoms with Crippen molar-refractivity contribution in [2.75, 3.05) is 54.7 Å². The van der Waals surface area contributed by atoms with Crippen molar-refractivity contribution in [3.05, 3.63) is 76.3 Å². The minimum atomic E-state index is -0.0861. The second kappa shape index (κ2) is 14.7. The summed E-state index contributed by atoms with van der Waals surface area (Å²) in [6.07, 6.45) is 4.79. The van der Waals surface area contributed by atoms with Crippen molar-refractivity contribution in [1.82, 2.24) is 9.80 Å². The van der Waals surface area contributed by atoms with Gasteiger partial charge >= 0.3 is 0 Å². The predicted octanol–water partition coefficient (Wildman–Crippen LogP) is 7.53. The Kier molecular flexibility index (Phi) is 10.4. The third kappa shape index (κ3) is 6.69. The van der Waals surface area contributed by atoms with Crippen molar-refractivity contribution in [1.29, 1.82) is 0 Å². The molecule has 1 saturated heterocycles. The Bertz CT molecular complexity index is 1590. The highest BCUT2D eigenvalue weighted by Gasteiger charge is 2.42. The summed E-state index contributed by atoms with van der Waals surface area (Å²) in [5.41, 5.74) is 5.77. The van der Waals surface area contributed by atoms with Gasteiger partial charge in [-0.15, -0.1) is 0 Å². The zero-order valence-corrected chi connectivity index (χ0v) is 29.7. The molecule has 0 aromatic heterocycles. The third-order valence-corrected chi connectivity index (χ3v) is 10.8. The number of fused-ring (bicyclic) bond motifs is 4. The first-order valence-electron chi connectivity index (χ1n) is 17.6. The predicted molar refractivity (Wildman–Crippen MR) is 188 cm³/mol. The zero-order valence-electron chi connectivity index (χ0n) is 29.7. The Balaban J connectivity index is 1.34. The van der Waals surface area contributed by atoms with Gasteiger partial charge in [-0.1, -0.05) is 27.2 Å². The third-order valence-electron chi connectivity index (χ3n) is 10.8. The first-order chi connectivity index (χ1) is 23.3. The maximum atomic E-state index is 14.4. The number of hydrogen-bond acceptors (Lipinski definition) is 7. The molecule has 3 aliphatic heterocycles. The lowest BCUT2D eigenvalue weighted by molar-refractivity contribution is 0.0287. The van der Waals surface area contributed by atoms with Gasteiger partial charge in [0, 0.05) is 31.2 Å². The number of nitrogens with zero attached hydrogens (tertiary/aromatic N) is 2. The first-order valence-corrected chi connectivity index (χ1v) is 17.6. The van der Waals surface area contributed by atoms with Crippen LogP contribution in [-0.2, 0) is 12.8 Å². The molecule has 8 nitrogen and oxygen atoms in total. The largest absolute Gasteiger partial charge is 0.493 e. The molecule has 258 valence electrons. The number of benzene rings is 3. The standard InChI is InChI=1S/C40H52N2O6/c1-8-26-23-41-15-13-28-19-36(44-4)38(46-6)21-32(28)34(41)17-30(26)18-35-33-22-39(47-7)37(45-5)20-29(33)14-16-42(35)40(43)27-9-11-31(12-10-27)48-24-25(2)3/h9-12,19-22,25-26,30,34-35H,8,13-18,23-24H2,1-7H3/t26-,30+,34+,35+/m1/s1. The molecular weight excluding hydrogens is 604 g/mol. The molecule has 3 heterocycles. The first kappa shape index (κ1) is 34.0. The van der Waals surface area contributed by atoms with Crippen molar-refractivity contribution in [3.8, 4) is 28.7 Å². The highest BCUT2D eigenvalue weighted by Crippen LogP contribution is 2.49. The van der Waals surface area contributed by atoms with E-state index in [9.17, 15) is 4.79 Å². The van der Waals surface area contributed by atoms with E-state index in [1.807, 2.05) is 24.3 Å². The van der Waals surface area contributed by atoms with Crippen molar-refractivity contribution < 1.29 is 28.5 Å². The van der Waals surface area contributed by atoms with Gasteiger partial charge in [0.1, 0.15) is 5.75 Å². The van der Waals surface area contributed by atoms with Gasteiger partial charge in [-0.2, -0.15) is 0 Å². The second-order valence-corrected chi connectivity index (χ2v) is 14.0. The maximum absolute atomic E-state index is 14.4. The molecule has 3 aliphatic rings. The van der Waals surface area contributed by atoms with Crippen LogP contribution in [0.4, 0.5) is 0 Å². The van der Waals surface area contributed by atoms with Crippen LogP contribution in [0.1, 0.15) is 84.7 Å². The summed E-state index contributed by atoms with van der Waals surface area (Å²) >= 11 is 0. The molecule has 1 amide bonds. The molecule has 8 heteroatoms. The minimum absolute atomic E-state index is 0.0566. The molecule has 0 N–H and O–H groups in total. The van der Waals surface area contributed by atoms with Crippen LogP contribution in [0, 0.1) is 17.8 Å². The number of carbonyl (C=O) groups excluding carboxylic acids is 1. The van der Waals surface area contributed by atoms with Gasteiger partial charge < -0.3 is 28.6 Å². The number of ether oxygens (including phenoxy) is 5. The number of hydrogen-bond donors (Lipinski definition) is 0. The van der Waals surface area contributed by atoms with Crippen LogP contribution >= 0.6 is 0 Å². The van der Waals surface area contributed by atoms with E-state index in [2.05, 4.69) is 54.8 Å². The monoisotopic (exact) mass is 656 g/mol. The fourth-order valence-corrected chi connectivity index (χ4v) is 8.19. The molecule has 0 aliphatic carbocycles. The lowest BCUT2D eigenvalue weighted by Gasteiger charge is -2.49. The summed E-state index contributed by atoms with van der Waals surface area (Å²) in [5, 5.41) is 0. The molecule has 6 rings (SSSR count). The van der Waals surface area contributed by atoms with Gasteiger partial charge in [0.25, 0.3) is 5.91 Å². The van der Waals surface area contributed by atoms with Crippen molar-refractivity contribution in [3.63, 3.8) is 0 Å². The maximum Gasteiger partial charge on any atom is 0.254 e. The van der Waals surface area contributed by atoms with E-state index in [4.69, 9.17) is 23.7 Å². The minimum Gasteiger partial charge on any atom is -0.493 e. The van der Waals surface area contributed by atoms with Gasteiger partial charge in [0.05, 0.1) is 41.1 Å². The smallest absolute Gasteiger partial charge is 0.254 e. The lowest BCUT2D eigenvalue weighted by Crippen LogP contribution is -2.47. The van der Waals surface area contributed by atoms with E-state index in [-0.39, 0.29) is 11.9 Å². The highest BCUT2D eigenvalue weighted by atomic mass is 16.5. The Labute approximate surface area is 286 Å². The lowest BCUT2D eigenvalue weighted by atomic mass is 9.72. The van der Waals surface area contributed by atoms with E-state index in [0.717, 1.165) is 73.8 Å². The summed E-state index contributed by atoms with van der Waals surface area (Å²) in [4.78, 5) is 19.2. The van der Waals surface area contributed by atoms with Gasteiger partial charge in [0.2, 0.25) is 0 Å². The molecular formula is C40H52N2O6. The molecule has 48 heavy (non-hydrogen) atoms. The molecule has 3 aromatic rings. The van der Waals surface area contributed by atoms with E-state index in [1.165, 1.54) is 16.7 Å². The summed E-state index contributed by atoms with van der Waals surface area (Å²) in [6.45, 7) is 9.97. The van der Waals surface area contributed by atoms with E-state index < -0.39 is 0 Å². The van der Waals surface area contributed by atoms with Crippen LogP contribution < -0.4 is 23.7 Å². The number of amides is 1. The fourth-order valence-electron chi connectivity index (χ4n) is 8.19. The van der Waals surface area contributed by atoms with Gasteiger partial charge in [-0.05, 0) is 114 Å². The Hall–Kier alpha value is -3.91. The second-order valence-electron chi connectivity index (χ2n) is 14.0. The average molecular weight is 657 g/mol. The molecule has 0 saturated carbocycles. The van der Waals surface area contributed by atoms with Gasteiger partial charge in [-0.25, -0.2) is 0 Å². The summed E-state index contributed by atoms with van der Waals surface area (Å²) in [7, 11) is 6.78. The van der Waals surface area contributed by atoms with Crippen molar-refractivity contribution in [2.24, 2.45) is 17.8 Å². The molecule has 0 spiro atoms. The summed E-state index contributed by atoms with van der Waals surface area (Å²) < 4.78 is 28.8. The van der Waals surface area contributed by atoms with Crippen LogP contribution in [-0.4, -0.2) is 70.4 Å². The van der Waals surface area contributed by atoms with E-state index in [0.29, 0.717) is 48.3 Å². The quantitative estimate of drug-likeness (QED) is 0.211. The van der Waals surface area contributed by atoms with Crippen molar-refractivity contribution in [2.45, 2.75) is 65.0 Å². The molecule has 3 aromatic carbocycles. The highest BCUT2D eigenvalue weighted by molar-refractivity contribution is 5.95. The van der Waals surface area contributed by atoms with Crippen molar-refractivity contribution >= 4 is 5.91 Å². The Morgan fingerprint density at radius 1 is 0.792 bits per heavy atom. The van der Waals surface area contributed by atoms with Gasteiger partial charge in [-0.3, -0.25) is 9.69 Å². The van der Waals surface area contributed by atoms with Crippen LogP contribution in [0.15, 0.2) is 48.5 Å². The normalized spacial score (nSPS) is 22.0. The Morgan fingerprint density at radius 3 is 1.98 bits per heavy atom. The number of rotatable bonds is 11. The van der Waals surface area contributed by atoms with Gasteiger partial charge in [0.15, 0.2) is 23.0 Å². The number of piperidine rings is 1. The molecule has 0 unspecified atom stereocenters. The number of carbonyl (C=O) groups is 1. The van der Waals surface area contributed by atoms with Crippen LogP contribution in [0.5, 0.6) is 28.7 Å². The van der Waals surface area contributed by atoms with E-state index in [1.54, 1.807) is 28.4 Å². The average Bonchev–Trinajstić information content (AvgIpc) is 3.12. The van der Waals surface area contributed by atoms with Crippen LogP contribution in [0.25, 0.3) is 0 Å². The summed E-state index contributed by atoms with van der Waals surface area (Å²) in [5.74, 6) is 5.23. The molecule has 0 radical (unpaired) electrons.